The Kier molecular flexibility index (Phi) is 1.48. The van der Waals surface area contributed by atoms with Crippen LogP contribution in [-0.2, 0) is 0 Å². The van der Waals surface area contributed by atoms with Gasteiger partial charge in [0.1, 0.15) is 0 Å². The molecule has 1 heterocycles. The average molecular weight is 138 g/mol. The summed E-state index contributed by atoms with van der Waals surface area (Å²) in [5, 5.41) is 0. The Hall–Kier alpha value is 0.210. The predicted octanol–water partition coefficient (Wildman–Crippen LogP) is 2.00. The predicted molar refractivity (Wildman–Crippen MR) is 31.4 cm³/mol. The molecule has 1 unspecified atom stereocenters. The molecular formula is C5H8F2S. The van der Waals surface area contributed by atoms with E-state index in [1.165, 1.54) is 11.8 Å². The van der Waals surface area contributed by atoms with Crippen LogP contribution in [0.3, 0.4) is 0 Å². The second kappa shape index (κ2) is 1.87. The molecule has 1 aliphatic rings. The van der Waals surface area contributed by atoms with Crippen molar-refractivity contribution in [3.63, 3.8) is 0 Å². The van der Waals surface area contributed by atoms with Gasteiger partial charge in [-0.1, -0.05) is 6.92 Å². The van der Waals surface area contributed by atoms with E-state index in [-0.39, 0.29) is 5.75 Å². The molecule has 0 radical (unpaired) electrons. The van der Waals surface area contributed by atoms with Crippen LogP contribution in [0.1, 0.15) is 6.92 Å². The summed E-state index contributed by atoms with van der Waals surface area (Å²) in [5.74, 6) is -2.15. The molecule has 0 bridgehead atoms. The fourth-order valence-corrected chi connectivity index (χ4v) is 1.91. The standard InChI is InChI=1S/C5H8F2S/c1-4-2-8-3-5(4,6)7/h4H,2-3H2,1H3. The first-order valence-corrected chi connectivity index (χ1v) is 3.74. The van der Waals surface area contributed by atoms with Gasteiger partial charge in [-0.05, 0) is 0 Å². The third-order valence-corrected chi connectivity index (χ3v) is 2.71. The highest BCUT2D eigenvalue weighted by Crippen LogP contribution is 2.37. The Labute approximate surface area is 51.6 Å². The fraction of sp³-hybridized carbons (Fsp3) is 1.00. The molecule has 1 saturated heterocycles. The quantitative estimate of drug-likeness (QED) is 0.493. The van der Waals surface area contributed by atoms with Crippen molar-refractivity contribution >= 4 is 11.8 Å². The number of rotatable bonds is 0. The van der Waals surface area contributed by atoms with Gasteiger partial charge < -0.3 is 0 Å². The van der Waals surface area contributed by atoms with Crippen LogP contribution in [0, 0.1) is 5.92 Å². The van der Waals surface area contributed by atoms with Crippen molar-refractivity contribution in [3.05, 3.63) is 0 Å². The smallest absolute Gasteiger partial charge is 0.206 e. The lowest BCUT2D eigenvalue weighted by Gasteiger charge is -2.11. The van der Waals surface area contributed by atoms with Gasteiger partial charge in [0.25, 0.3) is 5.92 Å². The largest absolute Gasteiger partial charge is 0.260 e. The summed E-state index contributed by atoms with van der Waals surface area (Å²) >= 11 is 1.34. The van der Waals surface area contributed by atoms with Crippen molar-refractivity contribution in [2.45, 2.75) is 12.8 Å². The van der Waals surface area contributed by atoms with Crippen LogP contribution in [0.2, 0.25) is 0 Å². The molecule has 0 spiro atoms. The molecule has 48 valence electrons. The van der Waals surface area contributed by atoms with E-state index in [1.807, 2.05) is 0 Å². The molecule has 0 amide bonds. The third-order valence-electron chi connectivity index (χ3n) is 1.38. The number of halogens is 2. The number of alkyl halides is 2. The first kappa shape index (κ1) is 6.33. The van der Waals surface area contributed by atoms with Crippen molar-refractivity contribution in [1.29, 1.82) is 0 Å². The molecule has 1 aliphatic heterocycles. The molecule has 0 aromatic carbocycles. The van der Waals surface area contributed by atoms with Gasteiger partial charge in [0.2, 0.25) is 0 Å². The van der Waals surface area contributed by atoms with Crippen LogP contribution in [0.15, 0.2) is 0 Å². The Morgan fingerprint density at radius 2 is 2.25 bits per heavy atom. The first-order valence-electron chi connectivity index (χ1n) is 2.58. The highest BCUT2D eigenvalue weighted by atomic mass is 32.2. The molecule has 0 aromatic rings. The number of thioether (sulfide) groups is 1. The molecule has 0 saturated carbocycles. The minimum atomic E-state index is -2.38. The molecule has 1 fully saturated rings. The second-order valence-corrected chi connectivity index (χ2v) is 3.21. The molecule has 8 heavy (non-hydrogen) atoms. The van der Waals surface area contributed by atoms with Crippen molar-refractivity contribution in [2.24, 2.45) is 5.92 Å². The summed E-state index contributed by atoms with van der Waals surface area (Å²) in [5.41, 5.74) is 0. The topological polar surface area (TPSA) is 0 Å². The molecule has 0 N–H and O–H groups in total. The zero-order chi connectivity index (χ0) is 6.20. The minimum Gasteiger partial charge on any atom is -0.206 e. The minimum absolute atomic E-state index is 0.0220. The average Bonchev–Trinajstić information content (AvgIpc) is 1.86. The van der Waals surface area contributed by atoms with E-state index >= 15 is 0 Å². The number of hydrogen-bond donors (Lipinski definition) is 0. The maximum absolute atomic E-state index is 12.3. The summed E-state index contributed by atoms with van der Waals surface area (Å²) < 4.78 is 24.6. The Balaban J connectivity index is 2.54. The van der Waals surface area contributed by atoms with Crippen molar-refractivity contribution in [3.8, 4) is 0 Å². The summed E-state index contributed by atoms with van der Waals surface area (Å²) in [6.45, 7) is 1.60. The van der Waals surface area contributed by atoms with E-state index in [2.05, 4.69) is 0 Å². The van der Waals surface area contributed by atoms with Gasteiger partial charge in [0, 0.05) is 11.7 Å². The highest BCUT2D eigenvalue weighted by Gasteiger charge is 2.41. The summed E-state index contributed by atoms with van der Waals surface area (Å²) in [6.07, 6.45) is 0. The third kappa shape index (κ3) is 0.966. The van der Waals surface area contributed by atoms with Gasteiger partial charge in [-0.3, -0.25) is 0 Å². The lowest BCUT2D eigenvalue weighted by molar-refractivity contribution is -0.0108. The van der Waals surface area contributed by atoms with Crippen LogP contribution in [-0.4, -0.2) is 17.4 Å². The molecular weight excluding hydrogens is 130 g/mol. The van der Waals surface area contributed by atoms with E-state index in [1.54, 1.807) is 6.92 Å². The van der Waals surface area contributed by atoms with Gasteiger partial charge in [-0.2, -0.15) is 11.8 Å². The highest BCUT2D eigenvalue weighted by molar-refractivity contribution is 7.99. The van der Waals surface area contributed by atoms with Crippen LogP contribution in [0.4, 0.5) is 8.78 Å². The van der Waals surface area contributed by atoms with Crippen molar-refractivity contribution in [2.75, 3.05) is 11.5 Å². The maximum atomic E-state index is 12.3. The fourth-order valence-electron chi connectivity index (χ4n) is 0.636. The summed E-state index contributed by atoms with van der Waals surface area (Å²) in [4.78, 5) is 0. The lowest BCUT2D eigenvalue weighted by atomic mass is 10.1. The monoisotopic (exact) mass is 138 g/mol. The Bertz CT molecular complexity index is 92.4. The molecule has 0 nitrogen and oxygen atoms in total. The van der Waals surface area contributed by atoms with Crippen molar-refractivity contribution < 1.29 is 8.78 Å². The zero-order valence-electron chi connectivity index (χ0n) is 4.66. The van der Waals surface area contributed by atoms with Crippen LogP contribution < -0.4 is 0 Å². The second-order valence-electron chi connectivity index (χ2n) is 2.18. The SMILES string of the molecule is CC1CSCC1(F)F. The van der Waals surface area contributed by atoms with Gasteiger partial charge >= 0.3 is 0 Å². The Morgan fingerprint density at radius 3 is 2.38 bits per heavy atom. The zero-order valence-corrected chi connectivity index (χ0v) is 5.47. The lowest BCUT2D eigenvalue weighted by Crippen LogP contribution is -2.23. The van der Waals surface area contributed by atoms with Crippen LogP contribution >= 0.6 is 11.8 Å². The maximum Gasteiger partial charge on any atom is 0.260 e. The van der Waals surface area contributed by atoms with E-state index in [9.17, 15) is 8.78 Å². The Morgan fingerprint density at radius 1 is 1.62 bits per heavy atom. The normalized spacial score (nSPS) is 35.6. The van der Waals surface area contributed by atoms with E-state index in [4.69, 9.17) is 0 Å². The van der Waals surface area contributed by atoms with Crippen LogP contribution in [0.25, 0.3) is 0 Å². The molecule has 0 aromatic heterocycles. The van der Waals surface area contributed by atoms with E-state index in [0.29, 0.717) is 5.75 Å². The van der Waals surface area contributed by atoms with Gasteiger partial charge in [-0.25, -0.2) is 8.78 Å². The molecule has 1 atom stereocenters. The molecule has 0 aliphatic carbocycles. The summed E-state index contributed by atoms with van der Waals surface area (Å²) in [7, 11) is 0. The van der Waals surface area contributed by atoms with E-state index < -0.39 is 11.8 Å². The van der Waals surface area contributed by atoms with Gasteiger partial charge in [0.05, 0.1) is 5.75 Å². The first-order chi connectivity index (χ1) is 3.63. The van der Waals surface area contributed by atoms with E-state index in [0.717, 1.165) is 0 Å². The van der Waals surface area contributed by atoms with Crippen LogP contribution in [0.5, 0.6) is 0 Å². The summed E-state index contributed by atoms with van der Waals surface area (Å²) in [6, 6.07) is 0. The van der Waals surface area contributed by atoms with Gasteiger partial charge in [-0.15, -0.1) is 0 Å². The van der Waals surface area contributed by atoms with Crippen molar-refractivity contribution in [1.82, 2.24) is 0 Å². The molecule has 3 heteroatoms. The molecule has 1 rings (SSSR count). The number of hydrogen-bond acceptors (Lipinski definition) is 1. The van der Waals surface area contributed by atoms with Gasteiger partial charge in [0.15, 0.2) is 0 Å².